The van der Waals surface area contributed by atoms with Crippen molar-refractivity contribution in [3.05, 3.63) is 60.2 Å². The first-order valence-corrected chi connectivity index (χ1v) is 7.98. The quantitative estimate of drug-likeness (QED) is 0.743. The smallest absolute Gasteiger partial charge is 0.268 e. The molecule has 0 unspecified atom stereocenters. The number of anilines is 1. The van der Waals surface area contributed by atoms with E-state index in [1.807, 2.05) is 54.6 Å². The van der Waals surface area contributed by atoms with Crippen molar-refractivity contribution in [1.29, 1.82) is 0 Å². The number of benzene rings is 2. The molecular weight excluding hydrogens is 308 g/mol. The SMILES string of the molecule is [NH2+]=C[C@H]1C(=O)N(c2nc3ccccc3s2)N=C1c1ccccc1. The monoisotopic (exact) mass is 321 g/mol. The lowest BCUT2D eigenvalue weighted by atomic mass is 9.98. The number of nitrogens with zero attached hydrogens (tertiary/aromatic N) is 3. The van der Waals surface area contributed by atoms with E-state index in [4.69, 9.17) is 5.41 Å². The summed E-state index contributed by atoms with van der Waals surface area (Å²) in [5.41, 5.74) is 2.39. The lowest BCUT2D eigenvalue weighted by Crippen LogP contribution is -2.40. The van der Waals surface area contributed by atoms with Crippen molar-refractivity contribution in [3.63, 3.8) is 0 Å². The lowest BCUT2D eigenvalue weighted by Gasteiger charge is -2.06. The third kappa shape index (κ3) is 2.24. The Kier molecular flexibility index (Phi) is 3.24. The number of hydrogen-bond acceptors (Lipinski definition) is 4. The summed E-state index contributed by atoms with van der Waals surface area (Å²) >= 11 is 1.44. The van der Waals surface area contributed by atoms with E-state index in [0.717, 1.165) is 15.8 Å². The van der Waals surface area contributed by atoms with E-state index in [0.29, 0.717) is 10.8 Å². The molecule has 2 aromatic carbocycles. The van der Waals surface area contributed by atoms with Gasteiger partial charge in [0.25, 0.3) is 5.91 Å². The van der Waals surface area contributed by atoms with Crippen LogP contribution >= 0.6 is 11.3 Å². The average molecular weight is 321 g/mol. The van der Waals surface area contributed by atoms with Crippen LogP contribution in [0.3, 0.4) is 0 Å². The molecule has 4 rings (SSSR count). The van der Waals surface area contributed by atoms with Crippen LogP contribution < -0.4 is 10.4 Å². The maximum absolute atomic E-state index is 12.7. The van der Waals surface area contributed by atoms with E-state index in [2.05, 4.69) is 10.1 Å². The maximum Gasteiger partial charge on any atom is 0.268 e. The van der Waals surface area contributed by atoms with Crippen molar-refractivity contribution in [1.82, 2.24) is 4.98 Å². The second kappa shape index (κ2) is 5.40. The van der Waals surface area contributed by atoms with Gasteiger partial charge in [-0.25, -0.2) is 4.98 Å². The van der Waals surface area contributed by atoms with Crippen molar-refractivity contribution < 1.29 is 10.2 Å². The number of fused-ring (bicyclic) bond motifs is 1. The molecule has 23 heavy (non-hydrogen) atoms. The predicted octanol–water partition coefficient (Wildman–Crippen LogP) is 1.49. The van der Waals surface area contributed by atoms with Gasteiger partial charge >= 0.3 is 0 Å². The van der Waals surface area contributed by atoms with E-state index < -0.39 is 5.92 Å². The van der Waals surface area contributed by atoms with Gasteiger partial charge in [0.1, 0.15) is 0 Å². The van der Waals surface area contributed by atoms with Gasteiger partial charge in [0.15, 0.2) is 12.1 Å². The van der Waals surface area contributed by atoms with Gasteiger partial charge < -0.3 is 0 Å². The van der Waals surface area contributed by atoms with Crippen LogP contribution in [0.1, 0.15) is 5.56 Å². The highest BCUT2D eigenvalue weighted by molar-refractivity contribution is 7.22. The zero-order chi connectivity index (χ0) is 15.8. The molecule has 0 saturated carbocycles. The molecule has 1 aliphatic heterocycles. The molecule has 0 bridgehead atoms. The summed E-state index contributed by atoms with van der Waals surface area (Å²) in [4.78, 5) is 17.2. The minimum atomic E-state index is -0.551. The highest BCUT2D eigenvalue weighted by Gasteiger charge is 2.39. The number of amides is 1. The normalized spacial score (nSPS) is 17.6. The van der Waals surface area contributed by atoms with Crippen LogP contribution in [0.2, 0.25) is 0 Å². The van der Waals surface area contributed by atoms with Crippen molar-refractivity contribution in [3.8, 4) is 0 Å². The van der Waals surface area contributed by atoms with E-state index in [9.17, 15) is 4.79 Å². The summed E-state index contributed by atoms with van der Waals surface area (Å²) in [6.07, 6.45) is 1.39. The molecule has 5 nitrogen and oxygen atoms in total. The number of rotatable bonds is 3. The van der Waals surface area contributed by atoms with Gasteiger partial charge in [-0.1, -0.05) is 53.8 Å². The molecule has 6 heteroatoms. The topological polar surface area (TPSA) is 71.2 Å². The molecule has 0 saturated heterocycles. The Morgan fingerprint density at radius 1 is 1.09 bits per heavy atom. The molecule has 1 aromatic heterocycles. The van der Waals surface area contributed by atoms with Crippen LogP contribution in [0, 0.1) is 5.92 Å². The molecule has 0 fully saturated rings. The zero-order valence-corrected chi connectivity index (χ0v) is 12.9. The molecule has 1 aliphatic rings. The van der Waals surface area contributed by atoms with Crippen molar-refractivity contribution in [2.45, 2.75) is 0 Å². The van der Waals surface area contributed by atoms with Crippen LogP contribution in [0.25, 0.3) is 10.2 Å². The van der Waals surface area contributed by atoms with Gasteiger partial charge in [0, 0.05) is 0 Å². The number of hydrogen-bond donors (Lipinski definition) is 1. The molecule has 0 spiro atoms. The Hall–Kier alpha value is -2.86. The average Bonchev–Trinajstić information content (AvgIpc) is 3.16. The first kappa shape index (κ1) is 13.8. The van der Waals surface area contributed by atoms with E-state index >= 15 is 0 Å². The molecular formula is C17H13N4OS+. The third-order valence-electron chi connectivity index (χ3n) is 3.70. The first-order chi connectivity index (χ1) is 11.3. The lowest BCUT2D eigenvalue weighted by molar-refractivity contribution is -0.123. The Labute approximate surface area is 136 Å². The third-order valence-corrected chi connectivity index (χ3v) is 4.71. The Morgan fingerprint density at radius 2 is 1.83 bits per heavy atom. The number of carbonyl (C=O) groups is 1. The predicted molar refractivity (Wildman–Crippen MR) is 91.6 cm³/mol. The number of carbonyl (C=O) groups excluding carboxylic acids is 1. The number of nitrogens with two attached hydrogens (primary N) is 1. The summed E-state index contributed by atoms with van der Waals surface area (Å²) < 4.78 is 1.02. The maximum atomic E-state index is 12.7. The highest BCUT2D eigenvalue weighted by Crippen LogP contribution is 2.32. The zero-order valence-electron chi connectivity index (χ0n) is 12.1. The van der Waals surface area contributed by atoms with Gasteiger partial charge in [0.2, 0.25) is 5.13 Å². The molecule has 2 heterocycles. The molecule has 0 radical (unpaired) electrons. The second-order valence-electron chi connectivity index (χ2n) is 5.14. The van der Waals surface area contributed by atoms with Crippen LogP contribution in [0.5, 0.6) is 0 Å². The molecule has 0 aliphatic carbocycles. The molecule has 3 aromatic rings. The first-order valence-electron chi connectivity index (χ1n) is 7.16. The number of hydrazone groups is 1. The minimum absolute atomic E-state index is 0.176. The van der Waals surface area contributed by atoms with Crippen LogP contribution in [-0.2, 0) is 4.79 Å². The number of para-hydroxylation sites is 1. The summed E-state index contributed by atoms with van der Waals surface area (Å²) in [7, 11) is 0. The van der Waals surface area contributed by atoms with Gasteiger partial charge in [-0.15, -0.1) is 0 Å². The second-order valence-corrected chi connectivity index (χ2v) is 6.14. The summed E-state index contributed by atoms with van der Waals surface area (Å²) in [6.45, 7) is 0. The highest BCUT2D eigenvalue weighted by atomic mass is 32.1. The van der Waals surface area contributed by atoms with Crippen LogP contribution in [0.15, 0.2) is 59.7 Å². The molecule has 1 atom stereocenters. The van der Waals surface area contributed by atoms with E-state index in [-0.39, 0.29) is 5.91 Å². The standard InChI is InChI=1S/C17H12N4OS/c18-10-12-15(11-6-2-1-3-7-11)20-21(16(12)22)17-19-13-8-4-5-9-14(13)23-17/h1-10,12,18H/p+1/t12-/m1/s1. The van der Waals surface area contributed by atoms with Gasteiger partial charge in [-0.3, -0.25) is 10.2 Å². The van der Waals surface area contributed by atoms with Crippen LogP contribution in [0.4, 0.5) is 5.13 Å². The van der Waals surface area contributed by atoms with Gasteiger partial charge in [-0.05, 0) is 17.7 Å². The molecule has 2 N–H and O–H groups in total. The Bertz CT molecular complexity index is 899. The van der Waals surface area contributed by atoms with E-state index in [1.165, 1.54) is 22.6 Å². The van der Waals surface area contributed by atoms with Crippen molar-refractivity contribution in [2.75, 3.05) is 5.01 Å². The van der Waals surface area contributed by atoms with Gasteiger partial charge in [0.05, 0.1) is 15.9 Å². The largest absolute Gasteiger partial charge is 0.271 e. The van der Waals surface area contributed by atoms with Crippen molar-refractivity contribution in [2.24, 2.45) is 11.0 Å². The van der Waals surface area contributed by atoms with Crippen LogP contribution in [-0.4, -0.2) is 22.8 Å². The Balaban J connectivity index is 1.80. The fraction of sp³-hybridized carbons (Fsp3) is 0.0588. The fourth-order valence-corrected chi connectivity index (χ4v) is 3.50. The number of thiazole rings is 1. The van der Waals surface area contributed by atoms with Crippen molar-refractivity contribution >= 4 is 44.5 Å². The summed E-state index contributed by atoms with van der Waals surface area (Å²) in [5.74, 6) is -0.727. The summed E-state index contributed by atoms with van der Waals surface area (Å²) in [6, 6.07) is 17.4. The summed E-state index contributed by atoms with van der Waals surface area (Å²) in [5, 5.41) is 12.1. The fourth-order valence-electron chi connectivity index (χ4n) is 2.58. The van der Waals surface area contributed by atoms with Gasteiger partial charge in [-0.2, -0.15) is 10.1 Å². The molecule has 112 valence electrons. The number of aromatic nitrogens is 1. The Morgan fingerprint density at radius 3 is 2.57 bits per heavy atom. The van der Waals surface area contributed by atoms with E-state index in [1.54, 1.807) is 0 Å². The molecule has 1 amide bonds. The minimum Gasteiger partial charge on any atom is -0.271 e.